The van der Waals surface area contributed by atoms with E-state index in [9.17, 15) is 0 Å². The second-order valence-electron chi connectivity index (χ2n) is 1.53. The van der Waals surface area contributed by atoms with Gasteiger partial charge in [0.05, 0.1) is 8.71 Å². The Bertz CT molecular complexity index is 332. The highest BCUT2D eigenvalue weighted by molar-refractivity contribution is 7.77. The Kier molecular flexibility index (Phi) is 1.41. The Morgan fingerprint density at radius 3 is 3.00 bits per heavy atom. The third-order valence-electron chi connectivity index (χ3n) is 0.965. The zero-order valence-electron chi connectivity index (χ0n) is 4.29. The van der Waals surface area contributed by atoms with Crippen molar-refractivity contribution in [2.24, 2.45) is 0 Å². The Balaban J connectivity index is 3.08. The van der Waals surface area contributed by atoms with Gasteiger partial charge in [-0.05, 0) is 11.4 Å². The van der Waals surface area contributed by atoms with Crippen molar-refractivity contribution in [3.8, 4) is 0 Å². The van der Waals surface area contributed by atoms with Crippen molar-refractivity contribution in [2.75, 3.05) is 0 Å². The molecule has 0 aliphatic heterocycles. The molecule has 4 heteroatoms. The SMILES string of the molecule is S=c1sc2ccsc2s1. The van der Waals surface area contributed by atoms with E-state index in [1.165, 1.54) is 8.71 Å². The highest BCUT2D eigenvalue weighted by Gasteiger charge is 1.95. The maximum absolute atomic E-state index is 5.01. The monoisotopic (exact) mass is 190 g/mol. The molecule has 0 saturated carbocycles. The Labute approximate surface area is 69.4 Å². The molecule has 0 atom stereocenters. The first-order chi connectivity index (χ1) is 4.36. The van der Waals surface area contributed by atoms with Crippen molar-refractivity contribution >= 4 is 54.9 Å². The molecule has 2 aromatic heterocycles. The molecule has 0 bridgehead atoms. The van der Waals surface area contributed by atoms with Gasteiger partial charge in [-0.15, -0.1) is 34.0 Å². The predicted molar refractivity (Wildman–Crippen MR) is 48.4 cm³/mol. The van der Waals surface area contributed by atoms with E-state index in [2.05, 4.69) is 11.4 Å². The molecule has 46 valence electrons. The minimum Gasteiger partial charge on any atom is -0.132 e. The molecule has 0 amide bonds. The molecule has 0 N–H and O–H groups in total. The summed E-state index contributed by atoms with van der Waals surface area (Å²) in [5.41, 5.74) is 0. The fourth-order valence-electron chi connectivity index (χ4n) is 0.620. The average Bonchev–Trinajstić information content (AvgIpc) is 2.22. The number of fused-ring (bicyclic) bond motifs is 1. The van der Waals surface area contributed by atoms with E-state index in [1.807, 2.05) is 0 Å². The van der Waals surface area contributed by atoms with Crippen LogP contribution in [0.3, 0.4) is 0 Å². The topological polar surface area (TPSA) is 0 Å². The van der Waals surface area contributed by atoms with Crippen molar-refractivity contribution in [1.29, 1.82) is 0 Å². The molecule has 2 aromatic rings. The van der Waals surface area contributed by atoms with Gasteiger partial charge in [-0.3, -0.25) is 0 Å². The lowest BCUT2D eigenvalue weighted by Gasteiger charge is -1.61. The normalized spacial score (nSPS) is 10.7. The summed E-state index contributed by atoms with van der Waals surface area (Å²) >= 11 is 10.2. The fraction of sp³-hybridized carbons (Fsp3) is 0. The van der Waals surface area contributed by atoms with Gasteiger partial charge < -0.3 is 0 Å². The van der Waals surface area contributed by atoms with E-state index in [1.54, 1.807) is 34.0 Å². The molecule has 0 saturated heterocycles. The van der Waals surface area contributed by atoms with Crippen LogP contribution in [0.15, 0.2) is 11.4 Å². The van der Waals surface area contributed by atoms with E-state index >= 15 is 0 Å². The van der Waals surface area contributed by atoms with Gasteiger partial charge in [0.25, 0.3) is 0 Å². The van der Waals surface area contributed by atoms with Crippen LogP contribution in [0.1, 0.15) is 0 Å². The van der Waals surface area contributed by atoms with Crippen LogP contribution in [-0.2, 0) is 0 Å². The molecule has 0 unspecified atom stereocenters. The fourth-order valence-corrected chi connectivity index (χ4v) is 4.59. The van der Waals surface area contributed by atoms with Crippen molar-refractivity contribution in [3.05, 3.63) is 14.6 Å². The smallest absolute Gasteiger partial charge is 0.132 e. The Hall–Kier alpha value is 0.230. The van der Waals surface area contributed by atoms with Gasteiger partial charge in [0.15, 0.2) is 0 Å². The Morgan fingerprint density at radius 1 is 1.33 bits per heavy atom. The molecule has 0 fully saturated rings. The summed E-state index contributed by atoms with van der Waals surface area (Å²) < 4.78 is 3.75. The molecule has 0 aliphatic carbocycles. The van der Waals surface area contributed by atoms with Crippen LogP contribution in [0.25, 0.3) is 8.71 Å². The standard InChI is InChI=1S/C5H2S4/c6-5-8-3-1-2-7-4(3)9-5/h1-2H. The number of thiophene rings is 1. The summed E-state index contributed by atoms with van der Waals surface area (Å²) in [4.78, 5) is 0. The average molecular weight is 190 g/mol. The zero-order valence-corrected chi connectivity index (χ0v) is 7.55. The third-order valence-corrected chi connectivity index (χ3v) is 4.77. The minimum absolute atomic E-state index is 1.04. The molecule has 0 spiro atoms. The van der Waals surface area contributed by atoms with Crippen LogP contribution >= 0.6 is 46.2 Å². The highest BCUT2D eigenvalue weighted by atomic mass is 32.2. The van der Waals surface area contributed by atoms with Crippen molar-refractivity contribution in [2.45, 2.75) is 0 Å². The van der Waals surface area contributed by atoms with Crippen LogP contribution in [0.4, 0.5) is 0 Å². The minimum atomic E-state index is 1.04. The van der Waals surface area contributed by atoms with Crippen LogP contribution in [0, 0.1) is 3.14 Å². The largest absolute Gasteiger partial charge is 0.145 e. The molecule has 2 heterocycles. The van der Waals surface area contributed by atoms with Crippen molar-refractivity contribution < 1.29 is 0 Å². The molecular weight excluding hydrogens is 188 g/mol. The number of hydrogen-bond acceptors (Lipinski definition) is 4. The molecular formula is C5H2S4. The van der Waals surface area contributed by atoms with Gasteiger partial charge in [0.1, 0.15) is 3.14 Å². The van der Waals surface area contributed by atoms with Crippen LogP contribution in [0.5, 0.6) is 0 Å². The van der Waals surface area contributed by atoms with Crippen molar-refractivity contribution in [1.82, 2.24) is 0 Å². The number of rotatable bonds is 0. The molecule has 0 aliphatic rings. The maximum Gasteiger partial charge on any atom is 0.145 e. The zero-order chi connectivity index (χ0) is 6.27. The second-order valence-corrected chi connectivity index (χ2v) is 5.96. The highest BCUT2D eigenvalue weighted by Crippen LogP contribution is 2.31. The van der Waals surface area contributed by atoms with E-state index in [4.69, 9.17) is 12.2 Å². The molecule has 0 radical (unpaired) electrons. The van der Waals surface area contributed by atoms with Gasteiger partial charge in [-0.25, -0.2) is 0 Å². The van der Waals surface area contributed by atoms with Crippen LogP contribution in [0.2, 0.25) is 0 Å². The van der Waals surface area contributed by atoms with Crippen LogP contribution < -0.4 is 0 Å². The number of hydrogen-bond donors (Lipinski definition) is 0. The summed E-state index contributed by atoms with van der Waals surface area (Å²) in [5.74, 6) is 0. The first-order valence-corrected chi connectivity index (χ1v) is 5.25. The molecule has 2 rings (SSSR count). The van der Waals surface area contributed by atoms with Crippen LogP contribution in [-0.4, -0.2) is 0 Å². The molecule has 0 nitrogen and oxygen atoms in total. The van der Waals surface area contributed by atoms with Crippen molar-refractivity contribution in [3.63, 3.8) is 0 Å². The quantitative estimate of drug-likeness (QED) is 0.570. The summed E-state index contributed by atoms with van der Waals surface area (Å²) in [7, 11) is 0. The summed E-state index contributed by atoms with van der Waals surface area (Å²) in [6, 6.07) is 2.12. The summed E-state index contributed by atoms with van der Waals surface area (Å²) in [6.45, 7) is 0. The molecule has 9 heavy (non-hydrogen) atoms. The lowest BCUT2D eigenvalue weighted by molar-refractivity contribution is 2.26. The Morgan fingerprint density at radius 2 is 2.22 bits per heavy atom. The van der Waals surface area contributed by atoms with Gasteiger partial charge in [0.2, 0.25) is 0 Å². The summed E-state index contributed by atoms with van der Waals surface area (Å²) in [6.07, 6.45) is 0. The maximum atomic E-state index is 5.01. The van der Waals surface area contributed by atoms with E-state index in [0.29, 0.717) is 0 Å². The van der Waals surface area contributed by atoms with Gasteiger partial charge >= 0.3 is 0 Å². The van der Waals surface area contributed by atoms with E-state index in [-0.39, 0.29) is 0 Å². The predicted octanol–water partition coefficient (Wildman–Crippen LogP) is 3.75. The molecule has 0 aromatic carbocycles. The van der Waals surface area contributed by atoms with Gasteiger partial charge in [-0.1, -0.05) is 12.2 Å². The lowest BCUT2D eigenvalue weighted by Crippen LogP contribution is -1.30. The first-order valence-electron chi connectivity index (χ1n) is 2.33. The summed E-state index contributed by atoms with van der Waals surface area (Å²) in [5, 5.41) is 2.10. The third kappa shape index (κ3) is 0.961. The second kappa shape index (κ2) is 2.12. The van der Waals surface area contributed by atoms with Gasteiger partial charge in [0, 0.05) is 0 Å². The van der Waals surface area contributed by atoms with Gasteiger partial charge in [-0.2, -0.15) is 0 Å². The lowest BCUT2D eigenvalue weighted by atomic mass is 10.7. The first kappa shape index (κ1) is 5.97. The van der Waals surface area contributed by atoms with E-state index in [0.717, 1.165) is 3.14 Å². The van der Waals surface area contributed by atoms with E-state index < -0.39 is 0 Å².